The van der Waals surface area contributed by atoms with Crippen molar-refractivity contribution in [1.82, 2.24) is 9.97 Å². The van der Waals surface area contributed by atoms with E-state index in [1.165, 1.54) is 19.0 Å². The Hall–Kier alpha value is -0.880. The van der Waals surface area contributed by atoms with Gasteiger partial charge in [0.15, 0.2) is 20.7 Å². The molecule has 0 aliphatic heterocycles. The van der Waals surface area contributed by atoms with Crippen LogP contribution in [0.15, 0.2) is 6.20 Å². The summed E-state index contributed by atoms with van der Waals surface area (Å²) in [6.07, 6.45) is 4.93. The second kappa shape index (κ2) is 4.78. The minimum absolute atomic E-state index is 0.166. The molecule has 1 aliphatic rings. The van der Waals surface area contributed by atoms with E-state index < -0.39 is 9.84 Å². The smallest absolute Gasteiger partial charge is 0.174 e. The van der Waals surface area contributed by atoms with E-state index in [1.807, 2.05) is 0 Å². The summed E-state index contributed by atoms with van der Waals surface area (Å²) in [6, 6.07) is 0. The Kier molecular flexibility index (Phi) is 3.53. The molecule has 0 spiro atoms. The van der Waals surface area contributed by atoms with Crippen LogP contribution in [-0.4, -0.2) is 31.2 Å². The molecule has 0 amide bonds. The first-order chi connectivity index (χ1) is 7.94. The summed E-state index contributed by atoms with van der Waals surface area (Å²) >= 11 is 5.89. The summed E-state index contributed by atoms with van der Waals surface area (Å²) in [5, 5.41) is 0.166. The minimum Gasteiger partial charge on any atom is -0.488 e. The van der Waals surface area contributed by atoms with E-state index in [4.69, 9.17) is 16.3 Å². The highest BCUT2D eigenvalue weighted by molar-refractivity contribution is 7.89. The van der Waals surface area contributed by atoms with E-state index >= 15 is 0 Å². The third-order valence-corrected chi connectivity index (χ3v) is 3.38. The predicted octanol–water partition coefficient (Wildman–Crippen LogP) is 1.46. The summed E-state index contributed by atoms with van der Waals surface area (Å²) in [5.74, 6) is 1.00. The fourth-order valence-electron chi connectivity index (χ4n) is 1.28. The van der Waals surface area contributed by atoms with E-state index in [9.17, 15) is 8.42 Å². The summed E-state index contributed by atoms with van der Waals surface area (Å²) in [6.45, 7) is 0.620. The molecule has 1 aromatic rings. The van der Waals surface area contributed by atoms with Crippen LogP contribution in [-0.2, 0) is 15.6 Å². The first kappa shape index (κ1) is 12.6. The molecule has 1 fully saturated rings. The Morgan fingerprint density at radius 1 is 1.53 bits per heavy atom. The summed E-state index contributed by atoms with van der Waals surface area (Å²) in [7, 11) is -3.15. The number of ether oxygens (including phenoxy) is 1. The zero-order chi connectivity index (χ0) is 12.5. The molecule has 1 saturated carbocycles. The molecule has 1 aromatic heterocycles. The number of halogens is 1. The molecule has 0 N–H and O–H groups in total. The van der Waals surface area contributed by atoms with E-state index in [0.29, 0.717) is 18.3 Å². The van der Waals surface area contributed by atoms with Gasteiger partial charge in [-0.2, -0.15) is 0 Å². The van der Waals surface area contributed by atoms with Crippen molar-refractivity contribution in [2.24, 2.45) is 5.92 Å². The first-order valence-corrected chi connectivity index (χ1v) is 7.70. The van der Waals surface area contributed by atoms with Gasteiger partial charge in [0.25, 0.3) is 0 Å². The molecule has 0 aromatic carbocycles. The Balaban J connectivity index is 2.04. The first-order valence-electron chi connectivity index (χ1n) is 5.26. The minimum atomic E-state index is -3.15. The van der Waals surface area contributed by atoms with E-state index in [-0.39, 0.29) is 16.7 Å². The van der Waals surface area contributed by atoms with Gasteiger partial charge in [0, 0.05) is 6.26 Å². The van der Waals surface area contributed by atoms with Crippen LogP contribution < -0.4 is 4.74 Å². The van der Waals surface area contributed by atoms with Crippen molar-refractivity contribution in [3.8, 4) is 5.75 Å². The molecule has 17 heavy (non-hydrogen) atoms. The van der Waals surface area contributed by atoms with E-state index in [1.54, 1.807) is 0 Å². The topological polar surface area (TPSA) is 69.2 Å². The van der Waals surface area contributed by atoms with Gasteiger partial charge in [0.05, 0.1) is 12.8 Å². The van der Waals surface area contributed by atoms with Crippen LogP contribution in [0.4, 0.5) is 0 Å². The molecule has 0 unspecified atom stereocenters. The second-order valence-electron chi connectivity index (χ2n) is 4.27. The monoisotopic (exact) mass is 276 g/mol. The zero-order valence-electron chi connectivity index (χ0n) is 9.39. The van der Waals surface area contributed by atoms with Crippen molar-refractivity contribution in [1.29, 1.82) is 0 Å². The molecular formula is C10H13ClN2O3S. The normalized spacial score (nSPS) is 15.9. The Morgan fingerprint density at radius 3 is 2.76 bits per heavy atom. The van der Waals surface area contributed by atoms with Crippen LogP contribution in [0.3, 0.4) is 0 Å². The average Bonchev–Trinajstić information content (AvgIpc) is 2.97. The average molecular weight is 277 g/mol. The molecule has 94 valence electrons. The lowest BCUT2D eigenvalue weighted by Crippen LogP contribution is -2.07. The van der Waals surface area contributed by atoms with Crippen LogP contribution in [0.25, 0.3) is 0 Å². The largest absolute Gasteiger partial charge is 0.488 e. The fraction of sp³-hybridized carbons (Fsp3) is 0.600. The number of sulfone groups is 1. The number of aromatic nitrogens is 2. The molecule has 0 bridgehead atoms. The lowest BCUT2D eigenvalue weighted by Gasteiger charge is -2.07. The molecule has 5 nitrogen and oxygen atoms in total. The van der Waals surface area contributed by atoms with Gasteiger partial charge >= 0.3 is 0 Å². The third kappa shape index (κ3) is 4.12. The highest BCUT2D eigenvalue weighted by atomic mass is 35.5. The number of rotatable bonds is 5. The Labute approximate surface area is 105 Å². The van der Waals surface area contributed by atoms with Gasteiger partial charge in [0.2, 0.25) is 0 Å². The standard InChI is InChI=1S/C10H13ClN2O3S/c1-17(14,15)6-9-12-4-8(10(11)13-9)16-5-7-2-3-7/h4,7H,2-3,5-6H2,1H3. The van der Waals surface area contributed by atoms with Crippen molar-refractivity contribution in [2.45, 2.75) is 18.6 Å². The second-order valence-corrected chi connectivity index (χ2v) is 6.76. The van der Waals surface area contributed by atoms with E-state index in [0.717, 1.165) is 6.26 Å². The molecule has 2 rings (SSSR count). The maximum atomic E-state index is 11.1. The predicted molar refractivity (Wildman–Crippen MR) is 63.8 cm³/mol. The Morgan fingerprint density at radius 2 is 2.24 bits per heavy atom. The molecule has 0 atom stereocenters. The molecular weight excluding hydrogens is 264 g/mol. The molecule has 0 radical (unpaired) electrons. The van der Waals surface area contributed by atoms with Crippen molar-refractivity contribution >= 4 is 21.4 Å². The van der Waals surface area contributed by atoms with Crippen molar-refractivity contribution in [2.75, 3.05) is 12.9 Å². The molecule has 1 heterocycles. The molecule has 7 heteroatoms. The van der Waals surface area contributed by atoms with Crippen molar-refractivity contribution < 1.29 is 13.2 Å². The summed E-state index contributed by atoms with van der Waals surface area (Å²) in [5.41, 5.74) is 0. The number of hydrogen-bond acceptors (Lipinski definition) is 5. The summed E-state index contributed by atoms with van der Waals surface area (Å²) < 4.78 is 27.6. The SMILES string of the molecule is CS(=O)(=O)Cc1ncc(OCC2CC2)c(Cl)n1. The number of nitrogens with zero attached hydrogens (tertiary/aromatic N) is 2. The van der Waals surface area contributed by atoms with Crippen LogP contribution in [0.5, 0.6) is 5.75 Å². The third-order valence-electron chi connectivity index (χ3n) is 2.32. The number of hydrogen-bond donors (Lipinski definition) is 0. The van der Waals surface area contributed by atoms with Gasteiger partial charge in [0.1, 0.15) is 11.6 Å². The summed E-state index contributed by atoms with van der Waals surface area (Å²) in [4.78, 5) is 7.83. The van der Waals surface area contributed by atoms with Crippen molar-refractivity contribution in [3.63, 3.8) is 0 Å². The van der Waals surface area contributed by atoms with Gasteiger partial charge in [-0.25, -0.2) is 18.4 Å². The van der Waals surface area contributed by atoms with Crippen LogP contribution in [0.1, 0.15) is 18.7 Å². The van der Waals surface area contributed by atoms with Crippen LogP contribution in [0, 0.1) is 5.92 Å². The zero-order valence-corrected chi connectivity index (χ0v) is 11.0. The Bertz CT molecular complexity index is 514. The lowest BCUT2D eigenvalue weighted by molar-refractivity contribution is 0.297. The van der Waals surface area contributed by atoms with Gasteiger partial charge in [-0.1, -0.05) is 11.6 Å². The van der Waals surface area contributed by atoms with Gasteiger partial charge in [-0.15, -0.1) is 0 Å². The fourth-order valence-corrected chi connectivity index (χ4v) is 2.09. The van der Waals surface area contributed by atoms with Gasteiger partial charge < -0.3 is 4.74 Å². The van der Waals surface area contributed by atoms with Gasteiger partial charge in [-0.05, 0) is 18.8 Å². The highest BCUT2D eigenvalue weighted by Crippen LogP contribution is 2.30. The lowest BCUT2D eigenvalue weighted by atomic mass is 10.4. The van der Waals surface area contributed by atoms with Gasteiger partial charge in [-0.3, -0.25) is 0 Å². The molecule has 0 saturated heterocycles. The quantitative estimate of drug-likeness (QED) is 0.762. The van der Waals surface area contributed by atoms with Crippen molar-refractivity contribution in [3.05, 3.63) is 17.2 Å². The molecule has 1 aliphatic carbocycles. The van der Waals surface area contributed by atoms with Crippen LogP contribution >= 0.6 is 11.6 Å². The maximum Gasteiger partial charge on any atom is 0.174 e. The highest BCUT2D eigenvalue weighted by Gasteiger charge is 2.22. The van der Waals surface area contributed by atoms with E-state index in [2.05, 4.69) is 9.97 Å². The maximum absolute atomic E-state index is 11.1. The van der Waals surface area contributed by atoms with Crippen LogP contribution in [0.2, 0.25) is 5.15 Å².